The Labute approximate surface area is 134 Å². The number of hydrogen-bond acceptors (Lipinski definition) is 5. The van der Waals surface area contributed by atoms with E-state index in [0.717, 1.165) is 11.3 Å². The zero-order chi connectivity index (χ0) is 16.8. The third-order valence-corrected chi connectivity index (χ3v) is 3.30. The Balaban J connectivity index is 1.93. The van der Waals surface area contributed by atoms with Gasteiger partial charge in [0.2, 0.25) is 0 Å². The molecule has 2 rings (SSSR count). The van der Waals surface area contributed by atoms with Gasteiger partial charge in [-0.15, -0.1) is 0 Å². The number of nitrogens with zero attached hydrogens (tertiary/aromatic N) is 1. The number of nitrogens with one attached hydrogen (secondary N) is 2. The highest BCUT2D eigenvalue weighted by atomic mass is 16.3. The molecule has 0 saturated heterocycles. The lowest BCUT2D eigenvalue weighted by atomic mass is 10.2. The van der Waals surface area contributed by atoms with E-state index in [0.29, 0.717) is 5.56 Å². The van der Waals surface area contributed by atoms with Crippen molar-refractivity contribution in [3.05, 3.63) is 53.6 Å². The number of para-hydroxylation sites is 1. The van der Waals surface area contributed by atoms with Crippen molar-refractivity contribution in [2.45, 2.75) is 19.9 Å². The zero-order valence-corrected chi connectivity index (χ0v) is 12.9. The molecule has 0 radical (unpaired) electrons. The molecule has 0 spiro atoms. The number of phenolic OH excluding ortho intramolecular Hbond substituents is 2. The van der Waals surface area contributed by atoms with Crippen LogP contribution in [0.4, 0.5) is 5.69 Å². The molecule has 1 amide bonds. The van der Waals surface area contributed by atoms with E-state index in [-0.39, 0.29) is 17.4 Å². The fourth-order valence-electron chi connectivity index (χ4n) is 1.94. The number of amides is 1. The van der Waals surface area contributed by atoms with Crippen molar-refractivity contribution in [2.75, 3.05) is 5.32 Å². The highest BCUT2D eigenvalue weighted by Gasteiger charge is 2.12. The smallest absolute Gasteiger partial charge is 0.262 e. The van der Waals surface area contributed by atoms with E-state index in [1.165, 1.54) is 24.4 Å². The van der Waals surface area contributed by atoms with Gasteiger partial charge in [0, 0.05) is 17.3 Å². The van der Waals surface area contributed by atoms with Gasteiger partial charge in [-0.2, -0.15) is 5.10 Å². The molecular weight excluding hydrogens is 294 g/mol. The summed E-state index contributed by atoms with van der Waals surface area (Å²) in [7, 11) is 0. The molecular formula is C17H19N3O3. The molecule has 0 aliphatic heterocycles. The average Bonchev–Trinajstić information content (AvgIpc) is 2.51. The molecule has 1 unspecified atom stereocenters. The Morgan fingerprint density at radius 3 is 2.65 bits per heavy atom. The second-order valence-corrected chi connectivity index (χ2v) is 5.16. The molecule has 120 valence electrons. The first kappa shape index (κ1) is 16.4. The first-order chi connectivity index (χ1) is 11.0. The van der Waals surface area contributed by atoms with Crippen LogP contribution >= 0.6 is 0 Å². The Hall–Kier alpha value is -3.02. The Bertz CT molecular complexity index is 729. The van der Waals surface area contributed by atoms with Gasteiger partial charge in [-0.3, -0.25) is 4.79 Å². The van der Waals surface area contributed by atoms with E-state index in [2.05, 4.69) is 15.8 Å². The van der Waals surface area contributed by atoms with Crippen LogP contribution in [0.2, 0.25) is 0 Å². The average molecular weight is 313 g/mol. The van der Waals surface area contributed by atoms with E-state index >= 15 is 0 Å². The number of aryl methyl sites for hydroxylation is 1. The predicted molar refractivity (Wildman–Crippen MR) is 89.8 cm³/mol. The second kappa shape index (κ2) is 7.31. The van der Waals surface area contributed by atoms with Gasteiger partial charge in [-0.25, -0.2) is 5.43 Å². The molecule has 6 nitrogen and oxygen atoms in total. The van der Waals surface area contributed by atoms with Gasteiger partial charge < -0.3 is 15.5 Å². The highest BCUT2D eigenvalue weighted by Crippen LogP contribution is 2.20. The van der Waals surface area contributed by atoms with Gasteiger partial charge in [-0.1, -0.05) is 18.2 Å². The van der Waals surface area contributed by atoms with Gasteiger partial charge in [0.25, 0.3) is 5.91 Å². The maximum absolute atomic E-state index is 12.0. The largest absolute Gasteiger partial charge is 0.508 e. The summed E-state index contributed by atoms with van der Waals surface area (Å²) in [6.45, 7) is 3.69. The van der Waals surface area contributed by atoms with Crippen LogP contribution < -0.4 is 10.7 Å². The summed E-state index contributed by atoms with van der Waals surface area (Å²) in [5.41, 5.74) is 4.73. The number of anilines is 1. The number of hydrogen-bond donors (Lipinski definition) is 4. The Morgan fingerprint density at radius 2 is 1.96 bits per heavy atom. The molecule has 0 saturated carbocycles. The highest BCUT2D eigenvalue weighted by molar-refractivity contribution is 5.87. The number of phenols is 2. The lowest BCUT2D eigenvalue weighted by molar-refractivity contribution is -0.121. The van der Waals surface area contributed by atoms with Gasteiger partial charge in [-0.05, 0) is 37.6 Å². The molecule has 0 fully saturated rings. The van der Waals surface area contributed by atoms with Crippen LogP contribution in [0, 0.1) is 6.92 Å². The molecule has 0 heterocycles. The van der Waals surface area contributed by atoms with Crippen molar-refractivity contribution in [3.8, 4) is 11.5 Å². The topological polar surface area (TPSA) is 94.0 Å². The van der Waals surface area contributed by atoms with Crippen LogP contribution in [0.5, 0.6) is 11.5 Å². The summed E-state index contributed by atoms with van der Waals surface area (Å²) in [5, 5.41) is 25.7. The van der Waals surface area contributed by atoms with Crippen molar-refractivity contribution in [1.82, 2.24) is 5.43 Å². The van der Waals surface area contributed by atoms with Crippen molar-refractivity contribution in [2.24, 2.45) is 5.10 Å². The fourth-order valence-corrected chi connectivity index (χ4v) is 1.94. The van der Waals surface area contributed by atoms with Gasteiger partial charge in [0.1, 0.15) is 17.5 Å². The Morgan fingerprint density at radius 1 is 1.22 bits per heavy atom. The molecule has 0 aliphatic rings. The number of carbonyl (C=O) groups excluding carboxylic acids is 1. The molecule has 0 bridgehead atoms. The molecule has 2 aromatic carbocycles. The normalized spacial score (nSPS) is 12.1. The molecule has 2 aromatic rings. The fraction of sp³-hybridized carbons (Fsp3) is 0.176. The first-order valence-electron chi connectivity index (χ1n) is 7.14. The Kier molecular flexibility index (Phi) is 5.19. The maximum Gasteiger partial charge on any atom is 0.262 e. The van der Waals surface area contributed by atoms with E-state index in [9.17, 15) is 15.0 Å². The van der Waals surface area contributed by atoms with Crippen LogP contribution in [-0.4, -0.2) is 28.4 Å². The number of aromatic hydroxyl groups is 2. The summed E-state index contributed by atoms with van der Waals surface area (Å²) >= 11 is 0. The van der Waals surface area contributed by atoms with E-state index in [1.54, 1.807) is 6.92 Å². The second-order valence-electron chi connectivity index (χ2n) is 5.16. The van der Waals surface area contributed by atoms with Gasteiger partial charge in [0.15, 0.2) is 0 Å². The van der Waals surface area contributed by atoms with Crippen LogP contribution in [0.1, 0.15) is 18.1 Å². The third kappa shape index (κ3) is 4.47. The minimum Gasteiger partial charge on any atom is -0.508 e. The lowest BCUT2D eigenvalue weighted by Crippen LogP contribution is -2.35. The maximum atomic E-state index is 12.0. The number of carbonyl (C=O) groups is 1. The molecule has 0 aliphatic carbocycles. The van der Waals surface area contributed by atoms with E-state index in [4.69, 9.17) is 0 Å². The third-order valence-electron chi connectivity index (χ3n) is 3.30. The molecule has 0 aromatic heterocycles. The molecule has 1 atom stereocenters. The summed E-state index contributed by atoms with van der Waals surface area (Å²) in [6.07, 6.45) is 1.31. The van der Waals surface area contributed by atoms with Crippen molar-refractivity contribution >= 4 is 17.8 Å². The molecule has 6 heteroatoms. The summed E-state index contributed by atoms with van der Waals surface area (Å²) < 4.78 is 0. The summed E-state index contributed by atoms with van der Waals surface area (Å²) in [5.74, 6) is -0.461. The standard InChI is InChI=1S/C17H19N3O3/c1-11-5-3-4-6-15(11)19-12(2)17(23)20-18-10-13-7-8-14(21)9-16(13)22/h3-10,12,19,21-22H,1-2H3,(H,20,23). The number of hydrazone groups is 1. The van der Waals surface area contributed by atoms with E-state index < -0.39 is 6.04 Å². The first-order valence-corrected chi connectivity index (χ1v) is 7.14. The van der Waals surface area contributed by atoms with Crippen LogP contribution in [0.15, 0.2) is 47.6 Å². The lowest BCUT2D eigenvalue weighted by Gasteiger charge is -2.15. The number of benzene rings is 2. The van der Waals surface area contributed by atoms with Crippen molar-refractivity contribution < 1.29 is 15.0 Å². The van der Waals surface area contributed by atoms with E-state index in [1.807, 2.05) is 31.2 Å². The minimum absolute atomic E-state index is 0.0419. The minimum atomic E-state index is -0.471. The molecule has 23 heavy (non-hydrogen) atoms. The predicted octanol–water partition coefficient (Wildman–Crippen LogP) is 2.36. The van der Waals surface area contributed by atoms with Crippen molar-refractivity contribution in [1.29, 1.82) is 0 Å². The quantitative estimate of drug-likeness (QED) is 0.503. The summed E-state index contributed by atoms with van der Waals surface area (Å²) in [4.78, 5) is 12.0. The monoisotopic (exact) mass is 313 g/mol. The van der Waals surface area contributed by atoms with Crippen molar-refractivity contribution in [3.63, 3.8) is 0 Å². The SMILES string of the molecule is Cc1ccccc1NC(C)C(=O)NN=Cc1ccc(O)cc1O. The molecule has 4 N–H and O–H groups in total. The van der Waals surface area contributed by atoms with Gasteiger partial charge >= 0.3 is 0 Å². The van der Waals surface area contributed by atoms with Gasteiger partial charge in [0.05, 0.1) is 6.21 Å². The van der Waals surface area contributed by atoms with Crippen LogP contribution in [0.25, 0.3) is 0 Å². The zero-order valence-electron chi connectivity index (χ0n) is 12.9. The van der Waals surface area contributed by atoms with Crippen LogP contribution in [-0.2, 0) is 4.79 Å². The summed E-state index contributed by atoms with van der Waals surface area (Å²) in [6, 6.07) is 11.3. The number of rotatable bonds is 5. The van der Waals surface area contributed by atoms with Crippen LogP contribution in [0.3, 0.4) is 0 Å².